The number of aliphatic hydroxyl groups is 1. The van der Waals surface area contributed by atoms with Gasteiger partial charge >= 0.3 is 6.03 Å². The number of rotatable bonds is 3. The summed E-state index contributed by atoms with van der Waals surface area (Å²) in [5.41, 5.74) is 0.717. The summed E-state index contributed by atoms with van der Waals surface area (Å²) in [7, 11) is 3.45. The second kappa shape index (κ2) is 8.24. The number of nitrogens with zero attached hydrogens (tertiary/aromatic N) is 4. The Kier molecular flexibility index (Phi) is 5.83. The van der Waals surface area contributed by atoms with Crippen molar-refractivity contribution >= 4 is 41.1 Å². The zero-order valence-electron chi connectivity index (χ0n) is 16.9. The third kappa shape index (κ3) is 3.84. The first kappa shape index (κ1) is 21.2. The molecule has 2 heterocycles. The number of fused-ring (bicyclic) bond motifs is 1. The van der Waals surface area contributed by atoms with Gasteiger partial charge in [0.15, 0.2) is 18.2 Å². The van der Waals surface area contributed by atoms with Gasteiger partial charge in [-0.05, 0) is 43.4 Å². The summed E-state index contributed by atoms with van der Waals surface area (Å²) in [5.74, 6) is 0.273. The lowest BCUT2D eigenvalue weighted by Crippen LogP contribution is -2.64. The van der Waals surface area contributed by atoms with Gasteiger partial charge in [-0.1, -0.05) is 29.3 Å². The zero-order valence-corrected chi connectivity index (χ0v) is 18.4. The van der Waals surface area contributed by atoms with Gasteiger partial charge in [0, 0.05) is 20.1 Å². The van der Waals surface area contributed by atoms with Gasteiger partial charge in [0.1, 0.15) is 0 Å². The lowest BCUT2D eigenvalue weighted by atomic mass is 9.93. The van der Waals surface area contributed by atoms with Crippen molar-refractivity contribution in [2.24, 2.45) is 4.99 Å². The molecule has 0 bridgehead atoms. The quantitative estimate of drug-likeness (QED) is 0.732. The molecule has 30 heavy (non-hydrogen) atoms. The van der Waals surface area contributed by atoms with E-state index in [1.165, 1.54) is 9.80 Å². The van der Waals surface area contributed by atoms with Crippen molar-refractivity contribution < 1.29 is 14.7 Å². The molecule has 4 rings (SSSR count). The number of nitrogens with one attached hydrogen (secondary N) is 1. The van der Waals surface area contributed by atoms with E-state index < -0.39 is 18.2 Å². The minimum Gasteiger partial charge on any atom is -0.393 e. The van der Waals surface area contributed by atoms with Crippen LogP contribution in [0, 0.1) is 0 Å². The highest BCUT2D eigenvalue weighted by Crippen LogP contribution is 2.29. The van der Waals surface area contributed by atoms with Gasteiger partial charge in [0.2, 0.25) is 0 Å². The Morgan fingerprint density at radius 1 is 1.17 bits per heavy atom. The van der Waals surface area contributed by atoms with Crippen LogP contribution in [0.15, 0.2) is 23.2 Å². The van der Waals surface area contributed by atoms with Crippen LogP contribution in [0.2, 0.25) is 10.0 Å². The van der Waals surface area contributed by atoms with Gasteiger partial charge in [-0.15, -0.1) is 0 Å². The largest absolute Gasteiger partial charge is 0.393 e. The molecule has 1 aromatic rings. The van der Waals surface area contributed by atoms with E-state index >= 15 is 0 Å². The van der Waals surface area contributed by atoms with Crippen LogP contribution in [0.3, 0.4) is 0 Å². The third-order valence-electron chi connectivity index (χ3n) is 6.04. The number of benzene rings is 1. The molecule has 1 aliphatic carbocycles. The molecule has 162 valence electrons. The smallest absolute Gasteiger partial charge is 0.328 e. The van der Waals surface area contributed by atoms with Gasteiger partial charge in [0.05, 0.1) is 22.7 Å². The highest BCUT2D eigenvalue weighted by atomic mass is 35.5. The van der Waals surface area contributed by atoms with Crippen LogP contribution in [0.25, 0.3) is 0 Å². The first-order valence-corrected chi connectivity index (χ1v) is 10.8. The first-order valence-electron chi connectivity index (χ1n) is 10.0. The van der Waals surface area contributed by atoms with Gasteiger partial charge in [-0.2, -0.15) is 0 Å². The Morgan fingerprint density at radius 3 is 2.63 bits per heavy atom. The molecule has 2 aliphatic heterocycles. The summed E-state index contributed by atoms with van der Waals surface area (Å²) in [6.07, 6.45) is 2.43. The van der Waals surface area contributed by atoms with E-state index in [4.69, 9.17) is 23.2 Å². The molecule has 3 aliphatic rings. The molecule has 8 nitrogen and oxygen atoms in total. The number of hydrogen-bond donors (Lipinski definition) is 2. The molecular weight excluding hydrogens is 429 g/mol. The minimum absolute atomic E-state index is 0.0959. The Labute approximate surface area is 185 Å². The maximum atomic E-state index is 13.3. The fraction of sp³-hybridized carbons (Fsp3) is 0.550. The van der Waals surface area contributed by atoms with Gasteiger partial charge in [0.25, 0.3) is 5.91 Å². The van der Waals surface area contributed by atoms with Crippen molar-refractivity contribution in [1.29, 1.82) is 0 Å². The van der Waals surface area contributed by atoms with Crippen molar-refractivity contribution in [1.82, 2.24) is 20.0 Å². The monoisotopic (exact) mass is 453 g/mol. The van der Waals surface area contributed by atoms with Crippen molar-refractivity contribution in [3.8, 4) is 0 Å². The average Bonchev–Trinajstić information content (AvgIpc) is 3.03. The number of amides is 3. The van der Waals surface area contributed by atoms with Crippen molar-refractivity contribution in [3.05, 3.63) is 33.8 Å². The summed E-state index contributed by atoms with van der Waals surface area (Å²) >= 11 is 12.1. The summed E-state index contributed by atoms with van der Waals surface area (Å²) in [4.78, 5) is 35.3. The van der Waals surface area contributed by atoms with E-state index in [-0.39, 0.29) is 24.6 Å². The lowest BCUT2D eigenvalue weighted by molar-refractivity contribution is -0.137. The number of carbonyl (C=O) groups excluding carboxylic acids is 2. The predicted octanol–water partition coefficient (Wildman–Crippen LogP) is 2.28. The third-order valence-corrected chi connectivity index (χ3v) is 6.78. The summed E-state index contributed by atoms with van der Waals surface area (Å²) < 4.78 is 0. The van der Waals surface area contributed by atoms with Crippen LogP contribution in [0.5, 0.6) is 0 Å². The van der Waals surface area contributed by atoms with E-state index in [9.17, 15) is 14.7 Å². The van der Waals surface area contributed by atoms with Crippen LogP contribution in [0.1, 0.15) is 31.2 Å². The molecule has 0 radical (unpaired) electrons. The SMILES string of the molecule is CN1C(=O)N(Cc2ccc(Cl)c(Cl)c2)C(=O)C2C1N=C(N[C@H]1CCC[C@@H](O)C1)N2C. The molecule has 1 saturated heterocycles. The molecule has 2 N–H and O–H groups in total. The Morgan fingerprint density at radius 2 is 1.93 bits per heavy atom. The normalized spacial score (nSPS) is 29.2. The average molecular weight is 454 g/mol. The molecule has 0 aromatic heterocycles. The molecule has 1 aromatic carbocycles. The van der Waals surface area contributed by atoms with Crippen LogP contribution in [-0.2, 0) is 11.3 Å². The predicted molar refractivity (Wildman–Crippen MR) is 114 cm³/mol. The van der Waals surface area contributed by atoms with Crippen LogP contribution in [0.4, 0.5) is 4.79 Å². The molecule has 1 saturated carbocycles. The maximum Gasteiger partial charge on any atom is 0.328 e. The maximum absolute atomic E-state index is 13.3. The zero-order chi connectivity index (χ0) is 21.6. The molecule has 10 heteroatoms. The van der Waals surface area contributed by atoms with Gasteiger partial charge in [-0.3, -0.25) is 9.69 Å². The first-order chi connectivity index (χ1) is 14.3. The van der Waals surface area contributed by atoms with Crippen molar-refractivity contribution in [2.75, 3.05) is 14.1 Å². The van der Waals surface area contributed by atoms with E-state index in [2.05, 4.69) is 10.3 Å². The summed E-state index contributed by atoms with van der Waals surface area (Å²) in [6.45, 7) is 0.105. The van der Waals surface area contributed by atoms with E-state index in [1.54, 1.807) is 37.2 Å². The summed E-state index contributed by atoms with van der Waals surface area (Å²) in [5, 5.41) is 14.1. The Hall–Kier alpha value is -2.03. The standard InChI is InChI=1S/C20H25Cl2N5O3/c1-25-16-17(24-19(25)23-12-4-3-5-13(28)9-12)26(2)20(30)27(18(16)29)10-11-6-7-14(21)15(22)8-11/h6-8,12-13,16-17,28H,3-5,9-10H2,1-2H3,(H,23,24)/t12-,13+,16?,17?/m0/s1. The van der Waals surface area contributed by atoms with Gasteiger partial charge < -0.3 is 20.2 Å². The molecular formula is C20H25Cl2N5O3. The number of carbonyl (C=O) groups is 2. The fourth-order valence-electron chi connectivity index (χ4n) is 4.35. The van der Waals surface area contributed by atoms with Gasteiger partial charge in [-0.25, -0.2) is 9.79 Å². The number of imide groups is 1. The lowest BCUT2D eigenvalue weighted by Gasteiger charge is -2.40. The molecule has 2 fully saturated rings. The topological polar surface area (TPSA) is 88.5 Å². The number of hydrogen-bond acceptors (Lipinski definition) is 6. The van der Waals surface area contributed by atoms with Crippen molar-refractivity contribution in [3.63, 3.8) is 0 Å². The molecule has 4 atom stereocenters. The number of aliphatic imine (C=N–C) groups is 1. The van der Waals surface area contributed by atoms with E-state index in [0.29, 0.717) is 28.0 Å². The summed E-state index contributed by atoms with van der Waals surface area (Å²) in [6, 6.07) is 4.14. The second-order valence-corrected chi connectivity index (χ2v) is 8.96. The highest BCUT2D eigenvalue weighted by molar-refractivity contribution is 6.42. The Bertz CT molecular complexity index is 895. The van der Waals surface area contributed by atoms with Crippen molar-refractivity contribution in [2.45, 2.75) is 56.6 Å². The van der Waals surface area contributed by atoms with Crippen LogP contribution >= 0.6 is 23.2 Å². The van der Waals surface area contributed by atoms with Crippen LogP contribution < -0.4 is 5.32 Å². The molecule has 0 spiro atoms. The second-order valence-electron chi connectivity index (χ2n) is 8.15. The fourth-order valence-corrected chi connectivity index (χ4v) is 4.67. The number of urea groups is 1. The minimum atomic E-state index is -0.605. The number of halogens is 2. The highest BCUT2D eigenvalue weighted by Gasteiger charge is 2.51. The number of guanidine groups is 1. The van der Waals surface area contributed by atoms with E-state index in [1.807, 2.05) is 0 Å². The number of aliphatic hydroxyl groups excluding tert-OH is 1. The van der Waals surface area contributed by atoms with E-state index in [0.717, 1.165) is 19.3 Å². The number of likely N-dealkylation sites (N-methyl/N-ethyl adjacent to an activating group) is 2. The molecule has 2 unspecified atom stereocenters. The molecule has 3 amide bonds. The van der Waals surface area contributed by atoms with Crippen LogP contribution in [-0.4, -0.2) is 76.2 Å². The Balaban J connectivity index is 1.52.